The number of carbonyl (C=O) groups is 2. The second-order valence-electron chi connectivity index (χ2n) is 5.41. The normalized spacial score (nSPS) is 31.4. The van der Waals surface area contributed by atoms with Crippen molar-refractivity contribution in [1.82, 2.24) is 10.2 Å². The summed E-state index contributed by atoms with van der Waals surface area (Å²) in [6.45, 7) is 4.60. The molecular weight excluding hydrogens is 248 g/mol. The third kappa shape index (κ3) is 2.90. The maximum atomic E-state index is 12.7. The van der Waals surface area contributed by atoms with Crippen LogP contribution in [0.1, 0.15) is 26.2 Å². The molecule has 2 heterocycles. The van der Waals surface area contributed by atoms with Crippen molar-refractivity contribution in [3.8, 4) is 0 Å². The number of nitrogens with zero attached hydrogens (tertiary/aromatic N) is 1. The molecule has 1 amide bonds. The van der Waals surface area contributed by atoms with Crippen LogP contribution in [0.25, 0.3) is 0 Å². The minimum absolute atomic E-state index is 0.0916. The summed E-state index contributed by atoms with van der Waals surface area (Å²) >= 11 is 0. The second-order valence-corrected chi connectivity index (χ2v) is 5.41. The summed E-state index contributed by atoms with van der Waals surface area (Å²) in [5.41, 5.74) is -0.338. The van der Waals surface area contributed by atoms with Crippen molar-refractivity contribution in [2.75, 3.05) is 32.8 Å². The molecule has 0 aromatic rings. The SMILES string of the molecule is CCCC1(C(=O)N2CCOC(C(=O)O)C2)CCNC1. The van der Waals surface area contributed by atoms with Gasteiger partial charge in [0.1, 0.15) is 0 Å². The summed E-state index contributed by atoms with van der Waals surface area (Å²) in [5.74, 6) is -0.902. The van der Waals surface area contributed by atoms with Crippen LogP contribution in [0, 0.1) is 5.41 Å². The molecule has 0 bridgehead atoms. The largest absolute Gasteiger partial charge is 0.479 e. The van der Waals surface area contributed by atoms with Crippen molar-refractivity contribution < 1.29 is 19.4 Å². The molecule has 2 fully saturated rings. The van der Waals surface area contributed by atoms with Gasteiger partial charge >= 0.3 is 5.97 Å². The maximum Gasteiger partial charge on any atom is 0.334 e. The summed E-state index contributed by atoms with van der Waals surface area (Å²) in [6.07, 6.45) is 1.77. The van der Waals surface area contributed by atoms with Gasteiger partial charge in [-0.3, -0.25) is 4.79 Å². The van der Waals surface area contributed by atoms with Crippen LogP contribution in [0.2, 0.25) is 0 Å². The van der Waals surface area contributed by atoms with Gasteiger partial charge < -0.3 is 20.1 Å². The quantitative estimate of drug-likeness (QED) is 0.756. The number of carboxylic acids is 1. The van der Waals surface area contributed by atoms with Gasteiger partial charge in [-0.05, 0) is 19.4 Å². The van der Waals surface area contributed by atoms with Gasteiger partial charge in [-0.2, -0.15) is 0 Å². The van der Waals surface area contributed by atoms with E-state index in [9.17, 15) is 9.59 Å². The summed E-state index contributed by atoms with van der Waals surface area (Å²) in [5, 5.41) is 12.3. The molecule has 0 spiro atoms. The fourth-order valence-corrected chi connectivity index (χ4v) is 3.04. The minimum atomic E-state index is -0.994. The molecule has 6 nitrogen and oxygen atoms in total. The zero-order valence-corrected chi connectivity index (χ0v) is 11.4. The first-order valence-corrected chi connectivity index (χ1v) is 6.93. The van der Waals surface area contributed by atoms with Crippen LogP contribution >= 0.6 is 0 Å². The number of aliphatic carboxylic acids is 1. The van der Waals surface area contributed by atoms with Gasteiger partial charge in [0.15, 0.2) is 6.10 Å². The number of ether oxygens (including phenoxy) is 1. The smallest absolute Gasteiger partial charge is 0.334 e. The molecule has 0 aromatic heterocycles. The summed E-state index contributed by atoms with van der Waals surface area (Å²) in [6, 6.07) is 0. The lowest BCUT2D eigenvalue weighted by atomic mass is 9.81. The first kappa shape index (κ1) is 14.3. The van der Waals surface area contributed by atoms with E-state index in [1.54, 1.807) is 4.90 Å². The highest BCUT2D eigenvalue weighted by atomic mass is 16.5. The van der Waals surface area contributed by atoms with Crippen molar-refractivity contribution in [3.05, 3.63) is 0 Å². The van der Waals surface area contributed by atoms with Gasteiger partial charge in [0.05, 0.1) is 18.6 Å². The molecule has 0 radical (unpaired) electrons. The number of morpholine rings is 1. The van der Waals surface area contributed by atoms with Crippen molar-refractivity contribution in [2.45, 2.75) is 32.3 Å². The predicted octanol–water partition coefficient (Wildman–Crippen LogP) is 0.0782. The number of hydrogen-bond donors (Lipinski definition) is 2. The first-order valence-electron chi connectivity index (χ1n) is 6.93. The van der Waals surface area contributed by atoms with Crippen molar-refractivity contribution in [2.24, 2.45) is 5.41 Å². The van der Waals surface area contributed by atoms with Crippen LogP contribution in [0.4, 0.5) is 0 Å². The zero-order chi connectivity index (χ0) is 13.9. The first-order chi connectivity index (χ1) is 9.09. The predicted molar refractivity (Wildman–Crippen MR) is 68.8 cm³/mol. The van der Waals surface area contributed by atoms with Crippen LogP contribution < -0.4 is 5.32 Å². The average molecular weight is 270 g/mol. The number of carbonyl (C=O) groups excluding carboxylic acids is 1. The Bertz CT molecular complexity index is 353. The highest BCUT2D eigenvalue weighted by molar-refractivity contribution is 5.84. The Morgan fingerprint density at radius 3 is 2.89 bits per heavy atom. The fourth-order valence-electron chi connectivity index (χ4n) is 3.04. The molecule has 2 atom stereocenters. The Morgan fingerprint density at radius 2 is 2.32 bits per heavy atom. The number of rotatable bonds is 4. The maximum absolute atomic E-state index is 12.7. The number of nitrogens with one attached hydrogen (secondary N) is 1. The molecule has 0 saturated carbocycles. The molecule has 2 N–H and O–H groups in total. The third-order valence-corrected chi connectivity index (χ3v) is 4.06. The molecule has 2 aliphatic rings. The summed E-state index contributed by atoms with van der Waals surface area (Å²) < 4.78 is 5.17. The van der Waals surface area contributed by atoms with Gasteiger partial charge in [-0.15, -0.1) is 0 Å². The van der Waals surface area contributed by atoms with E-state index in [2.05, 4.69) is 12.2 Å². The van der Waals surface area contributed by atoms with Crippen LogP contribution in [0.15, 0.2) is 0 Å². The minimum Gasteiger partial charge on any atom is -0.479 e. The van der Waals surface area contributed by atoms with Gasteiger partial charge in [0.2, 0.25) is 5.91 Å². The summed E-state index contributed by atoms with van der Waals surface area (Å²) in [7, 11) is 0. The Morgan fingerprint density at radius 1 is 1.53 bits per heavy atom. The average Bonchev–Trinajstić information content (AvgIpc) is 2.88. The van der Waals surface area contributed by atoms with E-state index in [0.717, 1.165) is 25.8 Å². The molecular formula is C13H22N2O4. The number of carboxylic acid groups (broad SMARTS) is 1. The lowest BCUT2D eigenvalue weighted by Crippen LogP contribution is -2.53. The van der Waals surface area contributed by atoms with Gasteiger partial charge in [0.25, 0.3) is 0 Å². The fraction of sp³-hybridized carbons (Fsp3) is 0.846. The molecule has 2 rings (SSSR count). The highest BCUT2D eigenvalue weighted by Crippen LogP contribution is 2.33. The summed E-state index contributed by atoms with van der Waals surface area (Å²) in [4.78, 5) is 25.4. The molecule has 108 valence electrons. The molecule has 6 heteroatoms. The van der Waals surface area contributed by atoms with E-state index in [1.807, 2.05) is 0 Å². The molecule has 0 aromatic carbocycles. The number of hydrogen-bond acceptors (Lipinski definition) is 4. The van der Waals surface area contributed by atoms with Crippen molar-refractivity contribution in [3.63, 3.8) is 0 Å². The molecule has 2 saturated heterocycles. The van der Waals surface area contributed by atoms with E-state index in [1.165, 1.54) is 0 Å². The zero-order valence-electron chi connectivity index (χ0n) is 11.4. The van der Waals surface area contributed by atoms with E-state index in [0.29, 0.717) is 19.7 Å². The molecule has 19 heavy (non-hydrogen) atoms. The van der Waals surface area contributed by atoms with Gasteiger partial charge in [-0.25, -0.2) is 4.79 Å². The van der Waals surface area contributed by atoms with Crippen LogP contribution in [-0.4, -0.2) is 60.8 Å². The van der Waals surface area contributed by atoms with E-state index < -0.39 is 12.1 Å². The van der Waals surface area contributed by atoms with Crippen LogP contribution in [-0.2, 0) is 14.3 Å². The molecule has 2 aliphatic heterocycles. The Labute approximate surface area is 113 Å². The van der Waals surface area contributed by atoms with Crippen molar-refractivity contribution >= 4 is 11.9 Å². The molecule has 0 aliphatic carbocycles. The topological polar surface area (TPSA) is 78.9 Å². The molecule has 2 unspecified atom stereocenters. The van der Waals surface area contributed by atoms with E-state index >= 15 is 0 Å². The Balaban J connectivity index is 2.07. The van der Waals surface area contributed by atoms with E-state index in [-0.39, 0.29) is 17.9 Å². The lowest BCUT2D eigenvalue weighted by molar-refractivity contribution is -0.162. The Hall–Kier alpha value is -1.14. The monoisotopic (exact) mass is 270 g/mol. The van der Waals surface area contributed by atoms with E-state index in [4.69, 9.17) is 9.84 Å². The Kier molecular flexibility index (Phi) is 4.42. The van der Waals surface area contributed by atoms with Crippen molar-refractivity contribution in [1.29, 1.82) is 0 Å². The second kappa shape index (κ2) is 5.88. The van der Waals surface area contributed by atoms with Gasteiger partial charge in [-0.1, -0.05) is 13.3 Å². The standard InChI is InChI=1S/C13H22N2O4/c1-2-3-13(4-5-14-9-13)12(18)15-6-7-19-10(8-15)11(16)17/h10,14H,2-9H2,1H3,(H,16,17). The lowest BCUT2D eigenvalue weighted by Gasteiger charge is -2.37. The number of amides is 1. The van der Waals surface area contributed by atoms with Crippen LogP contribution in [0.3, 0.4) is 0 Å². The van der Waals surface area contributed by atoms with Gasteiger partial charge in [0, 0.05) is 13.1 Å². The third-order valence-electron chi connectivity index (χ3n) is 4.06. The van der Waals surface area contributed by atoms with Crippen LogP contribution in [0.5, 0.6) is 0 Å². The highest BCUT2D eigenvalue weighted by Gasteiger charge is 2.44.